The second-order valence-corrected chi connectivity index (χ2v) is 23.0. The Hall–Kier alpha value is -0.0713. The van der Waals surface area contributed by atoms with Crippen LogP contribution in [0.25, 0.3) is 0 Å². The molecule has 1 aromatic rings. The van der Waals surface area contributed by atoms with E-state index in [0.717, 1.165) is 25.9 Å². The van der Waals surface area contributed by atoms with Gasteiger partial charge in [-0.15, -0.1) is 0 Å². The fourth-order valence-corrected chi connectivity index (χ4v) is 8.74. The van der Waals surface area contributed by atoms with Crippen molar-refractivity contribution in [2.24, 2.45) is 0 Å². The van der Waals surface area contributed by atoms with Crippen molar-refractivity contribution in [2.45, 2.75) is 40.7 Å². The van der Waals surface area contributed by atoms with E-state index < -0.39 is 18.4 Å². The normalized spacial score (nSPS) is 16.4. The average Bonchev–Trinajstić information content (AvgIpc) is 2.88. The summed E-state index contributed by atoms with van der Waals surface area (Å²) in [5, 5.41) is 0. The van der Waals surface area contributed by atoms with Gasteiger partial charge in [0.25, 0.3) is 0 Å². The van der Waals surface area contributed by atoms with Gasteiger partial charge in [0.1, 0.15) is 0 Å². The molecule has 3 nitrogen and oxygen atoms in total. The summed E-state index contributed by atoms with van der Waals surface area (Å²) in [6.07, 6.45) is 3.53. The molecule has 1 aliphatic rings. The van der Waals surface area contributed by atoms with Gasteiger partial charge in [0.2, 0.25) is 0 Å². The first-order valence-electron chi connectivity index (χ1n) is 7.41. The quantitative estimate of drug-likeness (QED) is 0.710. The fourth-order valence-electron chi connectivity index (χ4n) is 2.33. The van der Waals surface area contributed by atoms with Crippen LogP contribution >= 0.6 is 11.3 Å². The Bertz CT molecular complexity index is 447. The molecule has 0 saturated carbocycles. The first kappa shape index (κ1) is 16.3. The number of amides is 1. The third-order valence-corrected chi connectivity index (χ3v) is 14.1. The van der Waals surface area contributed by atoms with Crippen LogP contribution in [0, 0.1) is 0 Å². The van der Waals surface area contributed by atoms with Gasteiger partial charge in [-0.1, -0.05) is 0 Å². The summed E-state index contributed by atoms with van der Waals surface area (Å²) in [7, 11) is 0. The van der Waals surface area contributed by atoms with E-state index in [2.05, 4.69) is 27.0 Å². The van der Waals surface area contributed by atoms with Gasteiger partial charge < -0.3 is 0 Å². The molecule has 0 unspecified atom stereocenters. The number of carbonyl (C=O) groups excluding carboxylic acids is 1. The second-order valence-electron chi connectivity index (χ2n) is 6.45. The molecule has 0 aliphatic carbocycles. The molecule has 2 heterocycles. The van der Waals surface area contributed by atoms with Crippen LogP contribution in [-0.4, -0.2) is 48.9 Å². The zero-order valence-corrected chi connectivity index (χ0v) is 16.4. The van der Waals surface area contributed by atoms with E-state index >= 15 is 0 Å². The summed E-state index contributed by atoms with van der Waals surface area (Å²) < 4.78 is 7.17. The molecule has 2 rings (SSSR count). The van der Waals surface area contributed by atoms with Gasteiger partial charge in [0.05, 0.1) is 0 Å². The minimum atomic E-state index is -1.93. The minimum absolute atomic E-state index is 0.150. The molecule has 0 aromatic carbocycles. The van der Waals surface area contributed by atoms with Crippen LogP contribution in [0.5, 0.6) is 0 Å². The van der Waals surface area contributed by atoms with Crippen LogP contribution in [0.3, 0.4) is 0 Å². The number of hydrogen-bond acceptors (Lipinski definition) is 3. The standard InChI is InChI=1S/C12H16NO2S.3CH3.Sn/c14-12(13-6-2-1-3-7-13)10-15-9-11-5-4-8-16-11;;;;/h4-5H,1-3,6-7,9-10H2;3*1H3;. The van der Waals surface area contributed by atoms with E-state index in [1.807, 2.05) is 16.2 Å². The number of thiophene rings is 1. The summed E-state index contributed by atoms with van der Waals surface area (Å²) in [6.45, 7) is 2.62. The van der Waals surface area contributed by atoms with Crippen molar-refractivity contribution in [1.82, 2.24) is 4.90 Å². The fraction of sp³-hybridized carbons (Fsp3) is 0.667. The third-order valence-electron chi connectivity index (χ3n) is 3.58. The summed E-state index contributed by atoms with van der Waals surface area (Å²) >= 11 is -0.0586. The predicted octanol–water partition coefficient (Wildman–Crippen LogP) is 2.82. The maximum atomic E-state index is 12.0. The van der Waals surface area contributed by atoms with Gasteiger partial charge in [-0.25, -0.2) is 0 Å². The van der Waals surface area contributed by atoms with E-state index in [1.165, 1.54) is 11.3 Å². The van der Waals surface area contributed by atoms with Crippen molar-refractivity contribution in [3.8, 4) is 0 Å². The Kier molecular flexibility index (Phi) is 5.93. The number of likely N-dealkylation sites (tertiary alicyclic amines) is 1. The van der Waals surface area contributed by atoms with Crippen LogP contribution < -0.4 is 2.89 Å². The van der Waals surface area contributed by atoms with E-state index in [9.17, 15) is 4.79 Å². The SMILES string of the molecule is [CH3][Sn]([CH3])([CH3])[c]1ccc(COCC(=O)N2CCCCC2)s1. The molecule has 0 spiro atoms. The van der Waals surface area contributed by atoms with Gasteiger partial charge in [0, 0.05) is 0 Å². The van der Waals surface area contributed by atoms with Gasteiger partial charge >= 0.3 is 130 Å². The predicted molar refractivity (Wildman–Crippen MR) is 87.4 cm³/mol. The summed E-state index contributed by atoms with van der Waals surface area (Å²) in [5.74, 6) is 0.150. The Labute approximate surface area is 130 Å². The summed E-state index contributed by atoms with van der Waals surface area (Å²) in [4.78, 5) is 22.4. The zero-order valence-electron chi connectivity index (χ0n) is 12.8. The molecule has 0 bridgehead atoms. The van der Waals surface area contributed by atoms with Crippen molar-refractivity contribution in [3.05, 3.63) is 17.0 Å². The van der Waals surface area contributed by atoms with Crippen LogP contribution in [-0.2, 0) is 16.1 Å². The number of piperidine rings is 1. The van der Waals surface area contributed by atoms with Crippen LogP contribution in [0.2, 0.25) is 14.8 Å². The molecule has 1 aliphatic heterocycles. The molecular weight excluding hydrogens is 377 g/mol. The molecule has 112 valence electrons. The van der Waals surface area contributed by atoms with Crippen molar-refractivity contribution < 1.29 is 9.53 Å². The first-order chi connectivity index (χ1) is 9.47. The Morgan fingerprint density at radius 1 is 1.25 bits per heavy atom. The molecule has 0 N–H and O–H groups in total. The molecule has 1 saturated heterocycles. The Morgan fingerprint density at radius 2 is 1.95 bits per heavy atom. The molecule has 1 aromatic heterocycles. The monoisotopic (exact) mass is 403 g/mol. The first-order valence-corrected chi connectivity index (χ1v) is 18.2. The van der Waals surface area contributed by atoms with Crippen molar-refractivity contribution in [2.75, 3.05) is 19.7 Å². The molecule has 0 atom stereocenters. The number of ether oxygens (including phenoxy) is 1. The Morgan fingerprint density at radius 3 is 2.55 bits per heavy atom. The van der Waals surface area contributed by atoms with Gasteiger partial charge in [0.15, 0.2) is 0 Å². The molecule has 1 fully saturated rings. The van der Waals surface area contributed by atoms with Crippen molar-refractivity contribution in [1.29, 1.82) is 0 Å². The zero-order chi connectivity index (χ0) is 14.6. The average molecular weight is 402 g/mol. The van der Waals surface area contributed by atoms with Crippen molar-refractivity contribution >= 4 is 38.5 Å². The summed E-state index contributed by atoms with van der Waals surface area (Å²) in [6, 6.07) is 4.42. The van der Waals surface area contributed by atoms with Gasteiger partial charge in [-0.3, -0.25) is 0 Å². The molecule has 20 heavy (non-hydrogen) atoms. The second kappa shape index (κ2) is 7.27. The third kappa shape index (κ3) is 4.74. The van der Waals surface area contributed by atoms with Crippen LogP contribution in [0.4, 0.5) is 0 Å². The van der Waals surface area contributed by atoms with Crippen LogP contribution in [0.15, 0.2) is 12.1 Å². The molecular formula is C15H25NO2SSn. The van der Waals surface area contributed by atoms with Crippen molar-refractivity contribution in [3.63, 3.8) is 0 Å². The summed E-state index contributed by atoms with van der Waals surface area (Å²) in [5.41, 5.74) is 0. The Balaban J connectivity index is 1.75. The van der Waals surface area contributed by atoms with Gasteiger partial charge in [-0.2, -0.15) is 0 Å². The molecule has 0 radical (unpaired) electrons. The number of rotatable bonds is 5. The van der Waals surface area contributed by atoms with E-state index in [1.54, 1.807) is 2.89 Å². The number of nitrogens with zero attached hydrogens (tertiary/aromatic N) is 1. The van der Waals surface area contributed by atoms with E-state index in [-0.39, 0.29) is 12.5 Å². The number of carbonyl (C=O) groups is 1. The van der Waals surface area contributed by atoms with Crippen LogP contribution in [0.1, 0.15) is 24.1 Å². The number of hydrogen-bond donors (Lipinski definition) is 0. The van der Waals surface area contributed by atoms with E-state index in [4.69, 9.17) is 4.74 Å². The maximum absolute atomic E-state index is 12.0. The van der Waals surface area contributed by atoms with E-state index in [0.29, 0.717) is 6.61 Å². The molecule has 1 amide bonds. The molecule has 5 heteroatoms. The van der Waals surface area contributed by atoms with Gasteiger partial charge in [-0.05, 0) is 0 Å². The topological polar surface area (TPSA) is 29.5 Å².